The Morgan fingerprint density at radius 2 is 1.85 bits per heavy atom. The number of ether oxygens (including phenoxy) is 1. The normalized spacial score (nSPS) is 18.8. The van der Waals surface area contributed by atoms with Gasteiger partial charge < -0.3 is 14.5 Å². The van der Waals surface area contributed by atoms with Crippen molar-refractivity contribution in [3.63, 3.8) is 0 Å². The maximum absolute atomic E-state index is 13.1. The van der Waals surface area contributed by atoms with Gasteiger partial charge in [-0.05, 0) is 56.0 Å². The molecule has 2 aromatic rings. The van der Waals surface area contributed by atoms with Gasteiger partial charge in [0.15, 0.2) is 9.84 Å². The van der Waals surface area contributed by atoms with Crippen LogP contribution in [0.3, 0.4) is 0 Å². The molecule has 0 spiro atoms. The maximum Gasteiger partial charge on any atom is 0.288 e. The molecule has 2 aliphatic heterocycles. The molecule has 0 N–H and O–H groups in total. The number of rotatable bonds is 6. The highest BCUT2D eigenvalue weighted by molar-refractivity contribution is 7.91. The Labute approximate surface area is 199 Å². The summed E-state index contributed by atoms with van der Waals surface area (Å²) >= 11 is 0. The molecule has 4 rings (SSSR count). The van der Waals surface area contributed by atoms with Crippen LogP contribution in [-0.2, 0) is 14.6 Å². The predicted octanol–water partition coefficient (Wildman–Crippen LogP) is 3.13. The highest BCUT2D eigenvalue weighted by Gasteiger charge is 2.32. The molecule has 10 heteroatoms. The van der Waals surface area contributed by atoms with Crippen LogP contribution in [0, 0.1) is 24.0 Å². The van der Waals surface area contributed by atoms with Gasteiger partial charge in [0.2, 0.25) is 0 Å². The molecule has 9 nitrogen and oxygen atoms in total. The average Bonchev–Trinajstić information content (AvgIpc) is 3.32. The van der Waals surface area contributed by atoms with Crippen LogP contribution in [0.25, 0.3) is 0 Å². The average molecular weight is 488 g/mol. The van der Waals surface area contributed by atoms with Crippen LogP contribution < -0.4 is 4.90 Å². The zero-order chi connectivity index (χ0) is 24.5. The molecule has 0 bridgehead atoms. The molecule has 0 aliphatic carbocycles. The predicted molar refractivity (Wildman–Crippen MR) is 128 cm³/mol. The fourth-order valence-electron chi connectivity index (χ4n) is 4.56. The van der Waals surface area contributed by atoms with E-state index in [-0.39, 0.29) is 22.1 Å². The molecule has 1 atom stereocenters. The Morgan fingerprint density at radius 3 is 2.50 bits per heavy atom. The van der Waals surface area contributed by atoms with Crippen molar-refractivity contribution in [2.45, 2.75) is 37.7 Å². The zero-order valence-electron chi connectivity index (χ0n) is 19.4. The lowest BCUT2D eigenvalue weighted by Gasteiger charge is -2.37. The number of nitrogens with zero attached hydrogens (tertiary/aromatic N) is 3. The molecule has 2 heterocycles. The van der Waals surface area contributed by atoms with Crippen LogP contribution in [0.2, 0.25) is 0 Å². The van der Waals surface area contributed by atoms with E-state index in [9.17, 15) is 23.3 Å². The minimum Gasteiger partial charge on any atom is -0.377 e. The maximum atomic E-state index is 13.1. The lowest BCUT2D eigenvalue weighted by molar-refractivity contribution is -0.387. The fraction of sp³-hybridized carbons (Fsp3) is 0.458. The third-order valence-corrected chi connectivity index (χ3v) is 8.27. The Kier molecular flexibility index (Phi) is 6.90. The van der Waals surface area contributed by atoms with Crippen molar-refractivity contribution in [3.8, 4) is 0 Å². The molecule has 0 saturated carbocycles. The van der Waals surface area contributed by atoms with Crippen LogP contribution in [-0.4, -0.2) is 68.8 Å². The first kappa shape index (κ1) is 24.2. The first-order chi connectivity index (χ1) is 16.2. The summed E-state index contributed by atoms with van der Waals surface area (Å²) in [6.07, 6.45) is 0.920. The van der Waals surface area contributed by atoms with Crippen LogP contribution in [0.5, 0.6) is 0 Å². The van der Waals surface area contributed by atoms with E-state index in [0.29, 0.717) is 39.2 Å². The summed E-state index contributed by atoms with van der Waals surface area (Å²) in [6.45, 7) is 6.82. The Bertz CT molecular complexity index is 1200. The second-order valence-corrected chi connectivity index (χ2v) is 10.9. The summed E-state index contributed by atoms with van der Waals surface area (Å²) in [5, 5.41) is 11.7. The van der Waals surface area contributed by atoms with Gasteiger partial charge in [-0.2, -0.15) is 0 Å². The number of aryl methyl sites for hydroxylation is 2. The van der Waals surface area contributed by atoms with Crippen molar-refractivity contribution >= 4 is 27.1 Å². The van der Waals surface area contributed by atoms with E-state index < -0.39 is 26.6 Å². The SMILES string of the molecule is Cc1ccc(C)c(N2CCN(C(=O)c3ccc(S(=O)(=O)C[C@@H]4CCCO4)c([N+](=O)[O-])c3)CC2)c1. The van der Waals surface area contributed by atoms with Gasteiger partial charge in [-0.25, -0.2) is 8.42 Å². The highest BCUT2D eigenvalue weighted by atomic mass is 32.2. The van der Waals surface area contributed by atoms with E-state index in [0.717, 1.165) is 18.2 Å². The number of piperazine rings is 1. The molecular formula is C24H29N3O6S. The quantitative estimate of drug-likeness (QED) is 0.455. The molecule has 2 fully saturated rings. The smallest absolute Gasteiger partial charge is 0.288 e. The second-order valence-electron chi connectivity index (χ2n) is 8.93. The number of sulfone groups is 1. The number of carbonyl (C=O) groups is 1. The Balaban J connectivity index is 1.50. The third-order valence-electron chi connectivity index (χ3n) is 6.44. The standard InChI is InChI=1S/C24H29N3O6S/c1-17-5-6-18(2)21(14-17)25-9-11-26(12-10-25)24(28)19-7-8-23(22(15-19)27(29)30)34(31,32)16-20-4-3-13-33-20/h5-8,14-15,20H,3-4,9-13,16H2,1-2H3/t20-/m0/s1. The second kappa shape index (κ2) is 9.71. The molecule has 0 aromatic heterocycles. The Hall–Kier alpha value is -2.98. The minimum atomic E-state index is -3.93. The zero-order valence-corrected chi connectivity index (χ0v) is 20.2. The van der Waals surface area contributed by atoms with Gasteiger partial charge in [0.25, 0.3) is 11.6 Å². The molecular weight excluding hydrogens is 458 g/mol. The number of nitro groups is 1. The van der Waals surface area contributed by atoms with E-state index in [1.165, 1.54) is 23.3 Å². The van der Waals surface area contributed by atoms with E-state index in [4.69, 9.17) is 4.74 Å². The first-order valence-corrected chi connectivity index (χ1v) is 13.1. The van der Waals surface area contributed by atoms with Gasteiger partial charge in [-0.3, -0.25) is 14.9 Å². The van der Waals surface area contributed by atoms with Gasteiger partial charge >= 0.3 is 0 Å². The number of carbonyl (C=O) groups excluding carboxylic acids is 1. The van der Waals surface area contributed by atoms with Crippen molar-refractivity contribution in [2.24, 2.45) is 0 Å². The van der Waals surface area contributed by atoms with Crippen LogP contribution in [0.15, 0.2) is 41.3 Å². The van der Waals surface area contributed by atoms with Crippen molar-refractivity contribution < 1.29 is 22.9 Å². The number of benzene rings is 2. The molecule has 2 aliphatic rings. The fourth-order valence-corrected chi connectivity index (χ4v) is 6.22. The van der Waals surface area contributed by atoms with Gasteiger partial charge in [-0.15, -0.1) is 0 Å². The van der Waals surface area contributed by atoms with Crippen LogP contribution in [0.1, 0.15) is 34.3 Å². The number of anilines is 1. The van der Waals surface area contributed by atoms with Crippen molar-refractivity contribution in [1.29, 1.82) is 0 Å². The lowest BCUT2D eigenvalue weighted by Crippen LogP contribution is -2.49. The number of amides is 1. The van der Waals surface area contributed by atoms with Crippen LogP contribution >= 0.6 is 0 Å². The highest BCUT2D eigenvalue weighted by Crippen LogP contribution is 2.29. The van der Waals surface area contributed by atoms with Crippen molar-refractivity contribution in [1.82, 2.24) is 4.90 Å². The van der Waals surface area contributed by atoms with Crippen molar-refractivity contribution in [2.75, 3.05) is 43.4 Å². The molecule has 0 unspecified atom stereocenters. The number of nitro benzene ring substituents is 1. The number of hydrogen-bond acceptors (Lipinski definition) is 7. The Morgan fingerprint density at radius 1 is 1.12 bits per heavy atom. The van der Waals surface area contributed by atoms with Gasteiger partial charge in [0.1, 0.15) is 4.90 Å². The summed E-state index contributed by atoms with van der Waals surface area (Å²) in [5.41, 5.74) is 3.02. The van der Waals surface area contributed by atoms with Crippen molar-refractivity contribution in [3.05, 3.63) is 63.2 Å². The number of hydrogen-bond donors (Lipinski definition) is 0. The molecule has 0 radical (unpaired) electrons. The summed E-state index contributed by atoms with van der Waals surface area (Å²) in [5.74, 6) is -0.645. The third kappa shape index (κ3) is 5.07. The van der Waals surface area contributed by atoms with Gasteiger partial charge in [0.05, 0.1) is 16.8 Å². The van der Waals surface area contributed by atoms with E-state index in [1.54, 1.807) is 4.90 Å². The topological polar surface area (TPSA) is 110 Å². The molecule has 182 valence electrons. The summed E-state index contributed by atoms with van der Waals surface area (Å²) < 4.78 is 31.1. The minimum absolute atomic E-state index is 0.114. The van der Waals surface area contributed by atoms with Gasteiger partial charge in [-0.1, -0.05) is 12.1 Å². The molecule has 2 saturated heterocycles. The van der Waals surface area contributed by atoms with E-state index in [2.05, 4.69) is 30.0 Å². The van der Waals surface area contributed by atoms with Gasteiger partial charge in [0, 0.05) is 50.1 Å². The monoisotopic (exact) mass is 487 g/mol. The lowest BCUT2D eigenvalue weighted by atomic mass is 10.1. The summed E-state index contributed by atoms with van der Waals surface area (Å²) in [6, 6.07) is 9.91. The molecule has 34 heavy (non-hydrogen) atoms. The first-order valence-electron chi connectivity index (χ1n) is 11.4. The van der Waals surface area contributed by atoms with E-state index in [1.807, 2.05) is 6.92 Å². The summed E-state index contributed by atoms with van der Waals surface area (Å²) in [7, 11) is -3.93. The largest absolute Gasteiger partial charge is 0.377 e. The van der Waals surface area contributed by atoms with Crippen LogP contribution in [0.4, 0.5) is 11.4 Å². The molecule has 2 aromatic carbocycles. The molecule has 1 amide bonds. The van der Waals surface area contributed by atoms with E-state index >= 15 is 0 Å². The summed E-state index contributed by atoms with van der Waals surface area (Å²) in [4.78, 5) is 27.6.